The number of benzene rings is 2. The lowest BCUT2D eigenvalue weighted by Crippen LogP contribution is -2.22. The van der Waals surface area contributed by atoms with Gasteiger partial charge in [0.05, 0.1) is 11.1 Å². The van der Waals surface area contributed by atoms with Crippen molar-refractivity contribution in [1.29, 1.82) is 0 Å². The van der Waals surface area contributed by atoms with Crippen LogP contribution in [0.25, 0.3) is 27.8 Å². The molecule has 2 aromatic heterocycles. The van der Waals surface area contributed by atoms with Gasteiger partial charge in [0.1, 0.15) is 11.2 Å². The van der Waals surface area contributed by atoms with E-state index in [2.05, 4.69) is 10.1 Å². The predicted molar refractivity (Wildman–Crippen MR) is 109 cm³/mol. The normalized spacial score (nSPS) is 10.8. The third-order valence-electron chi connectivity index (χ3n) is 4.47. The summed E-state index contributed by atoms with van der Waals surface area (Å²) in [7, 11) is 3.43. The molecule has 0 N–H and O–H groups in total. The lowest BCUT2D eigenvalue weighted by molar-refractivity contribution is 0.0827. The largest absolute Gasteiger partial charge is 0.345 e. The van der Waals surface area contributed by atoms with E-state index in [-0.39, 0.29) is 11.5 Å². The maximum Gasteiger partial charge on any atom is 0.280 e. The van der Waals surface area contributed by atoms with Crippen LogP contribution in [0.5, 0.6) is 0 Å². The van der Waals surface area contributed by atoms with Crippen LogP contribution in [0.1, 0.15) is 10.4 Å². The minimum Gasteiger partial charge on any atom is -0.345 e. The first kappa shape index (κ1) is 17.6. The summed E-state index contributed by atoms with van der Waals surface area (Å²) in [6, 6.07) is 19.9. The molecule has 4 aromatic rings. The number of hydrogen-bond donors (Lipinski definition) is 0. The van der Waals surface area contributed by atoms with E-state index in [9.17, 15) is 9.59 Å². The Morgan fingerprint density at radius 2 is 1.64 bits per heavy atom. The molecule has 1 amide bonds. The number of hydrogen-bond acceptors (Lipinski definition) is 4. The maximum absolute atomic E-state index is 12.9. The van der Waals surface area contributed by atoms with Crippen molar-refractivity contribution in [3.05, 3.63) is 88.8 Å². The Kier molecular flexibility index (Phi) is 4.45. The van der Waals surface area contributed by atoms with Gasteiger partial charge in [0.15, 0.2) is 0 Å². The molecule has 4 rings (SSSR count). The number of fused-ring (bicyclic) bond motifs is 1. The van der Waals surface area contributed by atoms with Crippen LogP contribution in [0.2, 0.25) is 0 Å². The first-order chi connectivity index (χ1) is 13.6. The summed E-state index contributed by atoms with van der Waals surface area (Å²) in [5.74, 6) is -0.0725. The molecule has 0 aliphatic heterocycles. The fourth-order valence-electron chi connectivity index (χ4n) is 3.04. The Balaban J connectivity index is 1.93. The van der Waals surface area contributed by atoms with E-state index < -0.39 is 0 Å². The summed E-state index contributed by atoms with van der Waals surface area (Å²) in [5, 5.41) is 5.09. The number of nitrogens with zero attached hydrogens (tertiary/aromatic N) is 4. The van der Waals surface area contributed by atoms with Crippen molar-refractivity contribution < 1.29 is 4.79 Å². The highest BCUT2D eigenvalue weighted by Crippen LogP contribution is 2.24. The molecule has 2 heterocycles. The fraction of sp³-hybridized carbons (Fsp3) is 0.0909. The third-order valence-corrected chi connectivity index (χ3v) is 4.47. The summed E-state index contributed by atoms with van der Waals surface area (Å²) in [5.41, 5.74) is 2.94. The highest BCUT2D eigenvalue weighted by Gasteiger charge is 2.15. The third kappa shape index (κ3) is 3.05. The second-order valence-electron chi connectivity index (χ2n) is 6.58. The van der Waals surface area contributed by atoms with Gasteiger partial charge in [-0.05, 0) is 36.4 Å². The van der Waals surface area contributed by atoms with Gasteiger partial charge in [-0.3, -0.25) is 14.6 Å². The van der Waals surface area contributed by atoms with Crippen molar-refractivity contribution in [2.24, 2.45) is 0 Å². The standard InChI is InChI=1S/C22H18N4O2/c1-25(2)21(27)16-12-10-15(11-13-16)19-20-18(9-6-14-23-20)22(28)26(24-19)17-7-4-3-5-8-17/h3-14H,1-2H3. The molecular formula is C22H18N4O2. The Morgan fingerprint density at radius 1 is 0.929 bits per heavy atom. The zero-order chi connectivity index (χ0) is 19.7. The van der Waals surface area contributed by atoms with E-state index in [4.69, 9.17) is 0 Å². The van der Waals surface area contributed by atoms with Gasteiger partial charge in [0.25, 0.3) is 11.5 Å². The Morgan fingerprint density at radius 3 is 2.32 bits per heavy atom. The van der Waals surface area contributed by atoms with Crippen molar-refractivity contribution >= 4 is 16.8 Å². The molecule has 0 aliphatic rings. The second kappa shape index (κ2) is 7.08. The van der Waals surface area contributed by atoms with E-state index in [0.717, 1.165) is 5.56 Å². The maximum atomic E-state index is 12.9. The van der Waals surface area contributed by atoms with Gasteiger partial charge in [-0.15, -0.1) is 0 Å². The number of aromatic nitrogens is 3. The molecule has 2 aromatic carbocycles. The quantitative estimate of drug-likeness (QED) is 0.556. The smallest absolute Gasteiger partial charge is 0.280 e. The topological polar surface area (TPSA) is 68.1 Å². The molecule has 0 radical (unpaired) electrons. The Labute approximate surface area is 161 Å². The van der Waals surface area contributed by atoms with Crippen molar-refractivity contribution in [2.45, 2.75) is 0 Å². The molecule has 0 aliphatic carbocycles. The summed E-state index contributed by atoms with van der Waals surface area (Å²) in [4.78, 5) is 31.0. The lowest BCUT2D eigenvalue weighted by Gasteiger charge is -2.12. The van der Waals surface area contributed by atoms with Gasteiger partial charge in [-0.1, -0.05) is 30.3 Å². The number of carbonyl (C=O) groups excluding carboxylic acids is 1. The minimum absolute atomic E-state index is 0.0725. The molecule has 28 heavy (non-hydrogen) atoms. The van der Waals surface area contributed by atoms with Gasteiger partial charge in [-0.2, -0.15) is 9.78 Å². The van der Waals surface area contributed by atoms with Crippen LogP contribution in [-0.2, 0) is 0 Å². The molecule has 0 bridgehead atoms. The average Bonchev–Trinajstić information content (AvgIpc) is 2.74. The van der Waals surface area contributed by atoms with E-state index >= 15 is 0 Å². The number of amides is 1. The van der Waals surface area contributed by atoms with Crippen LogP contribution >= 0.6 is 0 Å². The van der Waals surface area contributed by atoms with Crippen molar-refractivity contribution in [1.82, 2.24) is 19.7 Å². The molecular weight excluding hydrogens is 352 g/mol. The first-order valence-electron chi connectivity index (χ1n) is 8.82. The van der Waals surface area contributed by atoms with Crippen LogP contribution in [0.15, 0.2) is 77.7 Å². The van der Waals surface area contributed by atoms with Crippen molar-refractivity contribution in [2.75, 3.05) is 14.1 Å². The summed E-state index contributed by atoms with van der Waals surface area (Å²) >= 11 is 0. The number of pyridine rings is 1. The van der Waals surface area contributed by atoms with Gasteiger partial charge in [0.2, 0.25) is 0 Å². The summed E-state index contributed by atoms with van der Waals surface area (Å²) < 4.78 is 1.39. The highest BCUT2D eigenvalue weighted by atomic mass is 16.2. The number of rotatable bonds is 3. The molecule has 0 unspecified atom stereocenters. The van der Waals surface area contributed by atoms with E-state index in [1.165, 1.54) is 9.58 Å². The molecule has 138 valence electrons. The molecule has 0 saturated heterocycles. The Bertz CT molecular complexity index is 1210. The molecule has 6 nitrogen and oxygen atoms in total. The van der Waals surface area contributed by atoms with Crippen LogP contribution < -0.4 is 5.56 Å². The monoisotopic (exact) mass is 370 g/mol. The van der Waals surface area contributed by atoms with Crippen molar-refractivity contribution in [3.8, 4) is 16.9 Å². The zero-order valence-corrected chi connectivity index (χ0v) is 15.5. The van der Waals surface area contributed by atoms with Crippen LogP contribution in [-0.4, -0.2) is 39.7 Å². The molecule has 0 fully saturated rings. The van der Waals surface area contributed by atoms with Gasteiger partial charge in [0, 0.05) is 31.4 Å². The molecule has 0 atom stereocenters. The van der Waals surface area contributed by atoms with Crippen LogP contribution in [0.3, 0.4) is 0 Å². The van der Waals surface area contributed by atoms with Gasteiger partial charge < -0.3 is 4.90 Å². The van der Waals surface area contributed by atoms with Crippen molar-refractivity contribution in [3.63, 3.8) is 0 Å². The van der Waals surface area contributed by atoms with E-state index in [0.29, 0.717) is 27.8 Å². The Hall–Kier alpha value is -3.80. The second-order valence-corrected chi connectivity index (χ2v) is 6.58. The predicted octanol–water partition coefficient (Wildman–Crippen LogP) is 3.15. The van der Waals surface area contributed by atoms with Crippen LogP contribution in [0, 0.1) is 0 Å². The molecule has 0 saturated carbocycles. The zero-order valence-electron chi connectivity index (χ0n) is 15.5. The van der Waals surface area contributed by atoms with Crippen LogP contribution in [0.4, 0.5) is 0 Å². The van der Waals surface area contributed by atoms with Gasteiger partial charge >= 0.3 is 0 Å². The number of carbonyl (C=O) groups is 1. The van der Waals surface area contributed by atoms with E-state index in [1.54, 1.807) is 44.6 Å². The summed E-state index contributed by atoms with van der Waals surface area (Å²) in [6.07, 6.45) is 1.64. The molecule has 6 heteroatoms. The summed E-state index contributed by atoms with van der Waals surface area (Å²) in [6.45, 7) is 0. The molecule has 0 spiro atoms. The SMILES string of the molecule is CN(C)C(=O)c1ccc(-c2nn(-c3ccccc3)c(=O)c3cccnc23)cc1. The van der Waals surface area contributed by atoms with Gasteiger partial charge in [-0.25, -0.2) is 0 Å². The average molecular weight is 370 g/mol. The van der Waals surface area contributed by atoms with E-state index in [1.807, 2.05) is 42.5 Å². The first-order valence-corrected chi connectivity index (χ1v) is 8.82. The number of para-hydroxylation sites is 1. The highest BCUT2D eigenvalue weighted by molar-refractivity contribution is 5.95. The lowest BCUT2D eigenvalue weighted by atomic mass is 10.1. The fourth-order valence-corrected chi connectivity index (χ4v) is 3.04. The minimum atomic E-state index is -0.225.